The first-order chi connectivity index (χ1) is 10.7. The first-order valence-corrected chi connectivity index (χ1v) is 7.82. The average Bonchev–Trinajstić information content (AvgIpc) is 3.26. The molecule has 1 saturated carbocycles. The van der Waals surface area contributed by atoms with Crippen molar-refractivity contribution < 1.29 is 9.90 Å². The van der Waals surface area contributed by atoms with E-state index in [1.165, 1.54) is 5.56 Å². The highest BCUT2D eigenvalue weighted by Crippen LogP contribution is 2.56. The molecule has 0 bridgehead atoms. The maximum atomic E-state index is 12.7. The Hall–Kier alpha value is -2.13. The second-order valence-corrected chi connectivity index (χ2v) is 6.41. The van der Waals surface area contributed by atoms with Crippen LogP contribution in [-0.2, 0) is 10.2 Å². The van der Waals surface area contributed by atoms with Crippen molar-refractivity contribution in [3.05, 3.63) is 65.7 Å². The number of hydrogen-bond acceptors (Lipinski definition) is 2. The van der Waals surface area contributed by atoms with Gasteiger partial charge in [-0.15, -0.1) is 0 Å². The predicted octanol–water partition coefficient (Wildman–Crippen LogP) is 3.19. The fourth-order valence-corrected chi connectivity index (χ4v) is 3.50. The van der Waals surface area contributed by atoms with E-state index in [9.17, 15) is 9.90 Å². The van der Waals surface area contributed by atoms with Gasteiger partial charge in [-0.25, -0.2) is 0 Å². The van der Waals surface area contributed by atoms with Crippen LogP contribution in [0.25, 0.3) is 0 Å². The van der Waals surface area contributed by atoms with E-state index < -0.39 is 6.10 Å². The van der Waals surface area contributed by atoms with Crippen molar-refractivity contribution in [2.75, 3.05) is 11.4 Å². The Bertz CT molecular complexity index is 706. The highest BCUT2D eigenvalue weighted by atomic mass is 16.3. The number of rotatable bonds is 3. The normalized spacial score (nSPS) is 19.0. The summed E-state index contributed by atoms with van der Waals surface area (Å²) in [6.07, 6.45) is 1.72. The Morgan fingerprint density at radius 2 is 1.77 bits per heavy atom. The molecule has 2 aromatic rings. The van der Waals surface area contributed by atoms with Gasteiger partial charge in [0.05, 0.1) is 12.5 Å². The number of para-hydroxylation sites is 1. The van der Waals surface area contributed by atoms with Gasteiger partial charge >= 0.3 is 0 Å². The molecule has 2 aromatic carbocycles. The van der Waals surface area contributed by atoms with E-state index in [4.69, 9.17) is 0 Å². The number of carbonyl (C=O) groups is 1. The van der Waals surface area contributed by atoms with Gasteiger partial charge in [0.2, 0.25) is 5.91 Å². The van der Waals surface area contributed by atoms with E-state index in [0.29, 0.717) is 0 Å². The van der Waals surface area contributed by atoms with Gasteiger partial charge in [-0.05, 0) is 30.0 Å². The third kappa shape index (κ3) is 2.13. The number of benzene rings is 2. The molecule has 1 heterocycles. The molecular weight excluding hydrogens is 274 g/mol. The molecule has 1 atom stereocenters. The molecule has 0 saturated heterocycles. The molecule has 0 aromatic heterocycles. The molecule has 1 N–H and O–H groups in total. The number of carbonyl (C=O) groups excluding carboxylic acids is 1. The summed E-state index contributed by atoms with van der Waals surface area (Å²) < 4.78 is 0. The lowest BCUT2D eigenvalue weighted by Crippen LogP contribution is -2.32. The van der Waals surface area contributed by atoms with E-state index in [1.54, 1.807) is 0 Å². The molecule has 1 aliphatic heterocycles. The summed E-state index contributed by atoms with van der Waals surface area (Å²) in [5, 5.41) is 10.3. The maximum absolute atomic E-state index is 12.7. The first-order valence-electron chi connectivity index (χ1n) is 7.82. The van der Waals surface area contributed by atoms with E-state index >= 15 is 0 Å². The van der Waals surface area contributed by atoms with E-state index in [2.05, 4.69) is 6.07 Å². The second-order valence-electron chi connectivity index (χ2n) is 6.41. The summed E-state index contributed by atoms with van der Waals surface area (Å²) in [6, 6.07) is 17.6. The maximum Gasteiger partial charge on any atom is 0.229 e. The van der Waals surface area contributed by atoms with Crippen molar-refractivity contribution >= 4 is 11.6 Å². The largest absolute Gasteiger partial charge is 0.388 e. The highest BCUT2D eigenvalue weighted by Gasteiger charge is 2.52. The molecule has 1 fully saturated rings. The summed E-state index contributed by atoms with van der Waals surface area (Å²) >= 11 is 0. The Labute approximate surface area is 130 Å². The lowest BCUT2D eigenvalue weighted by atomic mass is 9.99. The van der Waals surface area contributed by atoms with Crippen molar-refractivity contribution in [1.29, 1.82) is 0 Å². The summed E-state index contributed by atoms with van der Waals surface area (Å²) in [6.45, 7) is 0.771. The Kier molecular flexibility index (Phi) is 3.05. The molecule has 1 aliphatic carbocycles. The molecule has 1 spiro atoms. The zero-order valence-electron chi connectivity index (χ0n) is 12.4. The first kappa shape index (κ1) is 13.5. The number of nitrogens with zero attached hydrogens (tertiary/aromatic N) is 1. The SMILES string of the molecule is O=C(CC(O)c1ccccc1)N1CC2(CC2)c2ccccc21. The number of aliphatic hydroxyl groups excluding tert-OH is 1. The number of amides is 1. The lowest BCUT2D eigenvalue weighted by molar-refractivity contribution is -0.120. The lowest BCUT2D eigenvalue weighted by Gasteiger charge is -2.20. The van der Waals surface area contributed by atoms with Crippen molar-refractivity contribution in [3.63, 3.8) is 0 Å². The minimum atomic E-state index is -0.739. The van der Waals surface area contributed by atoms with Crippen LogP contribution in [0.3, 0.4) is 0 Å². The molecule has 4 rings (SSSR count). The average molecular weight is 293 g/mol. The van der Waals surface area contributed by atoms with Crippen molar-refractivity contribution in [2.24, 2.45) is 0 Å². The summed E-state index contributed by atoms with van der Waals surface area (Å²) in [7, 11) is 0. The van der Waals surface area contributed by atoms with Crippen LogP contribution in [0.5, 0.6) is 0 Å². The monoisotopic (exact) mass is 293 g/mol. The summed E-state index contributed by atoms with van der Waals surface area (Å²) in [4.78, 5) is 14.5. The minimum Gasteiger partial charge on any atom is -0.388 e. The predicted molar refractivity (Wildman–Crippen MR) is 85.7 cm³/mol. The van der Waals surface area contributed by atoms with Crippen LogP contribution in [0.2, 0.25) is 0 Å². The third-order valence-corrected chi connectivity index (χ3v) is 4.93. The van der Waals surface area contributed by atoms with Crippen molar-refractivity contribution in [1.82, 2.24) is 0 Å². The molecule has 1 amide bonds. The number of fused-ring (bicyclic) bond motifs is 2. The zero-order valence-corrected chi connectivity index (χ0v) is 12.4. The van der Waals surface area contributed by atoms with Gasteiger partial charge in [-0.3, -0.25) is 4.79 Å². The highest BCUT2D eigenvalue weighted by molar-refractivity contribution is 5.97. The topological polar surface area (TPSA) is 40.5 Å². The van der Waals surface area contributed by atoms with Gasteiger partial charge < -0.3 is 10.0 Å². The number of aliphatic hydroxyl groups is 1. The smallest absolute Gasteiger partial charge is 0.229 e. The van der Waals surface area contributed by atoms with E-state index in [-0.39, 0.29) is 17.7 Å². The molecule has 3 nitrogen and oxygen atoms in total. The van der Waals surface area contributed by atoms with Gasteiger partial charge in [0, 0.05) is 17.6 Å². The summed E-state index contributed by atoms with van der Waals surface area (Å²) in [5.41, 5.74) is 3.33. The van der Waals surface area contributed by atoms with Gasteiger partial charge in [-0.2, -0.15) is 0 Å². The molecule has 2 aliphatic rings. The van der Waals surface area contributed by atoms with Crippen LogP contribution >= 0.6 is 0 Å². The molecular formula is C19H19NO2. The molecule has 22 heavy (non-hydrogen) atoms. The van der Waals surface area contributed by atoms with Crippen molar-refractivity contribution in [3.8, 4) is 0 Å². The van der Waals surface area contributed by atoms with E-state index in [1.807, 2.05) is 53.4 Å². The zero-order chi connectivity index (χ0) is 15.2. The fourth-order valence-electron chi connectivity index (χ4n) is 3.50. The molecule has 1 unspecified atom stereocenters. The molecule has 112 valence electrons. The number of anilines is 1. The van der Waals surface area contributed by atoms with Gasteiger partial charge in [0.1, 0.15) is 0 Å². The quantitative estimate of drug-likeness (QED) is 0.944. The van der Waals surface area contributed by atoms with Crippen LogP contribution < -0.4 is 4.90 Å². The Morgan fingerprint density at radius 1 is 1.09 bits per heavy atom. The Balaban J connectivity index is 1.55. The third-order valence-electron chi connectivity index (χ3n) is 4.93. The van der Waals surface area contributed by atoms with Gasteiger partial charge in [0.15, 0.2) is 0 Å². The van der Waals surface area contributed by atoms with E-state index in [0.717, 1.165) is 30.6 Å². The van der Waals surface area contributed by atoms with Crippen LogP contribution in [0.1, 0.15) is 36.5 Å². The second kappa shape index (κ2) is 4.96. The van der Waals surface area contributed by atoms with Crippen LogP contribution in [0.4, 0.5) is 5.69 Å². The summed E-state index contributed by atoms with van der Waals surface area (Å²) in [5.74, 6) is 0.00702. The standard InChI is InChI=1S/C19H19NO2/c21-17(14-6-2-1-3-7-14)12-18(22)20-13-19(10-11-19)15-8-4-5-9-16(15)20/h1-9,17,21H,10-13H2. The van der Waals surface area contributed by atoms with Crippen LogP contribution in [0, 0.1) is 0 Å². The number of hydrogen-bond donors (Lipinski definition) is 1. The van der Waals surface area contributed by atoms with Crippen molar-refractivity contribution in [2.45, 2.75) is 30.8 Å². The molecule has 0 radical (unpaired) electrons. The van der Waals surface area contributed by atoms with Crippen LogP contribution in [0.15, 0.2) is 54.6 Å². The minimum absolute atomic E-state index is 0.00702. The van der Waals surface area contributed by atoms with Crippen LogP contribution in [-0.4, -0.2) is 17.6 Å². The Morgan fingerprint density at radius 3 is 2.50 bits per heavy atom. The van der Waals surface area contributed by atoms with Gasteiger partial charge in [0.25, 0.3) is 0 Å². The fraction of sp³-hybridized carbons (Fsp3) is 0.316. The molecule has 3 heteroatoms. The van der Waals surface area contributed by atoms with Gasteiger partial charge in [-0.1, -0.05) is 48.5 Å².